The van der Waals surface area contributed by atoms with Gasteiger partial charge in [0.25, 0.3) is 0 Å². The first kappa shape index (κ1) is 25.5. The zero-order valence-corrected chi connectivity index (χ0v) is 20.8. The molecule has 196 valence electrons. The Balaban J connectivity index is 1.12. The number of fused-ring (bicyclic) bond motifs is 3. The van der Waals surface area contributed by atoms with Crippen LogP contribution in [0.4, 0.5) is 4.79 Å². The lowest BCUT2D eigenvalue weighted by Crippen LogP contribution is -2.54. The zero-order chi connectivity index (χ0) is 26.5. The number of benzene rings is 3. The van der Waals surface area contributed by atoms with E-state index in [0.717, 1.165) is 27.8 Å². The molecule has 1 atom stereocenters. The molecule has 3 aromatic rings. The molecule has 3 N–H and O–H groups in total. The van der Waals surface area contributed by atoms with E-state index in [1.165, 1.54) is 0 Å². The summed E-state index contributed by atoms with van der Waals surface area (Å²) in [6.07, 6.45) is -0.0944. The monoisotopic (exact) mass is 514 g/mol. The van der Waals surface area contributed by atoms with Crippen molar-refractivity contribution in [3.8, 4) is 11.1 Å². The SMILES string of the molecule is O=C(O)CC(NC(=O)OCC1c2ccccc2-c2ccccc21)C(=O)NC1CC(OCc2ccccc2)C1. The van der Waals surface area contributed by atoms with Crippen molar-refractivity contribution in [2.75, 3.05) is 6.61 Å². The molecule has 1 unspecified atom stereocenters. The molecule has 2 aliphatic rings. The Bertz CT molecular complexity index is 1260. The molecule has 0 spiro atoms. The van der Waals surface area contributed by atoms with Gasteiger partial charge in [0, 0.05) is 12.0 Å². The van der Waals surface area contributed by atoms with Crippen LogP contribution in [0.25, 0.3) is 11.1 Å². The fourth-order valence-electron chi connectivity index (χ4n) is 5.08. The van der Waals surface area contributed by atoms with E-state index in [4.69, 9.17) is 9.47 Å². The standard InChI is InChI=1S/C30H30N2O6/c33-28(34)16-27(29(35)31-20-14-21(15-20)37-17-19-8-2-1-3-9-19)32-30(36)38-18-26-24-12-6-4-10-22(24)23-11-5-7-13-25(23)26/h1-13,20-21,26-27H,14-18H2,(H,31,35)(H,32,36)(H,33,34). The van der Waals surface area contributed by atoms with Crippen LogP contribution >= 0.6 is 0 Å². The van der Waals surface area contributed by atoms with Gasteiger partial charge in [-0.05, 0) is 40.7 Å². The van der Waals surface area contributed by atoms with E-state index in [0.29, 0.717) is 19.4 Å². The van der Waals surface area contributed by atoms with Crippen molar-refractivity contribution in [3.63, 3.8) is 0 Å². The molecule has 38 heavy (non-hydrogen) atoms. The van der Waals surface area contributed by atoms with Crippen LogP contribution in [-0.4, -0.2) is 47.9 Å². The number of ether oxygens (including phenoxy) is 2. The van der Waals surface area contributed by atoms with Crippen molar-refractivity contribution in [1.82, 2.24) is 10.6 Å². The molecule has 5 rings (SSSR count). The number of carbonyl (C=O) groups is 3. The predicted molar refractivity (Wildman–Crippen MR) is 140 cm³/mol. The van der Waals surface area contributed by atoms with Crippen LogP contribution in [-0.2, 0) is 25.7 Å². The van der Waals surface area contributed by atoms with Crippen molar-refractivity contribution in [2.24, 2.45) is 0 Å². The van der Waals surface area contributed by atoms with Crippen LogP contribution in [0, 0.1) is 0 Å². The lowest BCUT2D eigenvalue weighted by molar-refractivity contribution is -0.140. The second kappa shape index (κ2) is 11.5. The third kappa shape index (κ3) is 5.86. The normalized spacial score (nSPS) is 18.4. The molecule has 8 nitrogen and oxygen atoms in total. The van der Waals surface area contributed by atoms with Gasteiger partial charge in [-0.25, -0.2) is 4.79 Å². The van der Waals surface area contributed by atoms with Gasteiger partial charge >= 0.3 is 12.1 Å². The van der Waals surface area contributed by atoms with Gasteiger partial charge in [0.05, 0.1) is 19.1 Å². The minimum absolute atomic E-state index is 0.0218. The summed E-state index contributed by atoms with van der Waals surface area (Å²) in [5.74, 6) is -1.88. The molecule has 0 aliphatic heterocycles. The maximum absolute atomic E-state index is 12.8. The van der Waals surface area contributed by atoms with Crippen LogP contribution < -0.4 is 10.6 Å². The second-order valence-electron chi connectivity index (χ2n) is 9.72. The molecule has 0 aromatic heterocycles. The Morgan fingerprint density at radius 3 is 2.11 bits per heavy atom. The summed E-state index contributed by atoms with van der Waals surface area (Å²) < 4.78 is 11.4. The molecule has 3 aromatic carbocycles. The highest BCUT2D eigenvalue weighted by Crippen LogP contribution is 2.44. The third-order valence-corrected chi connectivity index (χ3v) is 7.10. The smallest absolute Gasteiger partial charge is 0.407 e. The minimum atomic E-state index is -1.24. The number of carboxylic acids is 1. The second-order valence-corrected chi connectivity index (χ2v) is 9.72. The Hall–Kier alpha value is -4.17. The van der Waals surface area contributed by atoms with E-state index in [1.807, 2.05) is 78.9 Å². The van der Waals surface area contributed by atoms with Crippen molar-refractivity contribution in [2.45, 2.75) is 50.0 Å². The third-order valence-electron chi connectivity index (χ3n) is 7.10. The molecular weight excluding hydrogens is 484 g/mol. The van der Waals surface area contributed by atoms with Crippen molar-refractivity contribution in [1.29, 1.82) is 0 Å². The summed E-state index contributed by atoms with van der Waals surface area (Å²) >= 11 is 0. The van der Waals surface area contributed by atoms with E-state index < -0.39 is 30.4 Å². The first-order valence-corrected chi connectivity index (χ1v) is 12.8. The fraction of sp³-hybridized carbons (Fsp3) is 0.300. The van der Waals surface area contributed by atoms with Gasteiger partial charge in [0.2, 0.25) is 5.91 Å². The molecule has 2 amide bonds. The largest absolute Gasteiger partial charge is 0.481 e. The van der Waals surface area contributed by atoms with Crippen LogP contribution in [0.3, 0.4) is 0 Å². The average molecular weight is 515 g/mol. The molecule has 0 heterocycles. The lowest BCUT2D eigenvalue weighted by Gasteiger charge is -2.36. The van der Waals surface area contributed by atoms with Crippen LogP contribution in [0.2, 0.25) is 0 Å². The van der Waals surface area contributed by atoms with Crippen molar-refractivity contribution >= 4 is 18.0 Å². The summed E-state index contributed by atoms with van der Waals surface area (Å²) in [6.45, 7) is 0.571. The van der Waals surface area contributed by atoms with Gasteiger partial charge in [-0.15, -0.1) is 0 Å². The van der Waals surface area contributed by atoms with E-state index in [1.54, 1.807) is 0 Å². The number of carboxylic acid groups (broad SMARTS) is 1. The quantitative estimate of drug-likeness (QED) is 0.373. The Morgan fingerprint density at radius 1 is 0.868 bits per heavy atom. The first-order chi connectivity index (χ1) is 18.5. The number of hydrogen-bond donors (Lipinski definition) is 3. The molecule has 1 fully saturated rings. The number of aliphatic carboxylic acids is 1. The topological polar surface area (TPSA) is 114 Å². The summed E-state index contributed by atoms with van der Waals surface area (Å²) in [7, 11) is 0. The number of hydrogen-bond acceptors (Lipinski definition) is 5. The van der Waals surface area contributed by atoms with Crippen LogP contribution in [0.1, 0.15) is 41.9 Å². The first-order valence-electron chi connectivity index (χ1n) is 12.8. The van der Waals surface area contributed by atoms with E-state index >= 15 is 0 Å². The highest BCUT2D eigenvalue weighted by Gasteiger charge is 2.34. The molecular formula is C30H30N2O6. The fourth-order valence-corrected chi connectivity index (χ4v) is 5.08. The van der Waals surface area contributed by atoms with Crippen molar-refractivity contribution < 1.29 is 29.0 Å². The van der Waals surface area contributed by atoms with E-state index in [9.17, 15) is 19.5 Å². The van der Waals surface area contributed by atoms with Gasteiger partial charge in [-0.1, -0.05) is 78.9 Å². The predicted octanol–water partition coefficient (Wildman–Crippen LogP) is 4.23. The molecule has 8 heteroatoms. The van der Waals surface area contributed by atoms with Gasteiger partial charge in [-0.3, -0.25) is 9.59 Å². The van der Waals surface area contributed by atoms with E-state index in [-0.39, 0.29) is 24.7 Å². The van der Waals surface area contributed by atoms with Gasteiger partial charge < -0.3 is 25.2 Å². The molecule has 0 bridgehead atoms. The number of rotatable bonds is 10. The maximum atomic E-state index is 12.8. The summed E-state index contributed by atoms with van der Waals surface area (Å²) in [5.41, 5.74) is 5.41. The number of nitrogens with one attached hydrogen (secondary N) is 2. The Kier molecular flexibility index (Phi) is 7.70. The number of carbonyl (C=O) groups excluding carboxylic acids is 2. The Labute approximate surface area is 221 Å². The molecule has 1 saturated carbocycles. The van der Waals surface area contributed by atoms with Gasteiger partial charge in [0.1, 0.15) is 12.6 Å². The average Bonchev–Trinajstić information content (AvgIpc) is 3.22. The van der Waals surface area contributed by atoms with Gasteiger partial charge in [0.15, 0.2) is 0 Å². The molecule has 0 saturated heterocycles. The molecule has 2 aliphatic carbocycles. The van der Waals surface area contributed by atoms with Crippen LogP contribution in [0.5, 0.6) is 0 Å². The lowest BCUT2D eigenvalue weighted by atomic mass is 9.89. The Morgan fingerprint density at radius 2 is 1.47 bits per heavy atom. The summed E-state index contributed by atoms with van der Waals surface area (Å²) in [6, 6.07) is 24.4. The number of alkyl carbamates (subject to hydrolysis) is 1. The minimum Gasteiger partial charge on any atom is -0.481 e. The number of amides is 2. The highest BCUT2D eigenvalue weighted by molar-refractivity contribution is 5.89. The summed E-state index contributed by atoms with van der Waals surface area (Å²) in [4.78, 5) is 36.8. The summed E-state index contributed by atoms with van der Waals surface area (Å²) in [5, 5.41) is 14.6. The zero-order valence-electron chi connectivity index (χ0n) is 20.8. The van der Waals surface area contributed by atoms with Gasteiger partial charge in [-0.2, -0.15) is 0 Å². The van der Waals surface area contributed by atoms with Crippen LogP contribution in [0.15, 0.2) is 78.9 Å². The van der Waals surface area contributed by atoms with E-state index in [2.05, 4.69) is 10.6 Å². The van der Waals surface area contributed by atoms with Crippen molar-refractivity contribution in [3.05, 3.63) is 95.6 Å². The maximum Gasteiger partial charge on any atom is 0.407 e. The molecule has 0 radical (unpaired) electrons. The highest BCUT2D eigenvalue weighted by atomic mass is 16.5.